The van der Waals surface area contributed by atoms with Crippen LogP contribution in [0.4, 0.5) is 14.5 Å². The number of hydrogen-bond acceptors (Lipinski definition) is 3. The third-order valence-corrected chi connectivity index (χ3v) is 2.99. The van der Waals surface area contributed by atoms with Crippen molar-refractivity contribution in [2.75, 3.05) is 11.9 Å². The minimum atomic E-state index is -0.691. The van der Waals surface area contributed by atoms with Crippen molar-refractivity contribution in [3.05, 3.63) is 58.9 Å². The van der Waals surface area contributed by atoms with E-state index in [9.17, 15) is 8.78 Å². The summed E-state index contributed by atoms with van der Waals surface area (Å²) < 4.78 is 27.8. The molecule has 0 atom stereocenters. The van der Waals surface area contributed by atoms with Crippen molar-refractivity contribution in [2.45, 2.75) is 20.1 Å². The Kier molecular flexibility index (Phi) is 4.29. The number of rotatable bonds is 4. The van der Waals surface area contributed by atoms with E-state index in [1.165, 1.54) is 4.90 Å². The van der Waals surface area contributed by atoms with Gasteiger partial charge in [-0.05, 0) is 36.8 Å². The third kappa shape index (κ3) is 3.11. The van der Waals surface area contributed by atoms with Gasteiger partial charge in [-0.15, -0.1) is 0 Å². The van der Waals surface area contributed by atoms with Crippen LogP contribution < -0.4 is 4.90 Å². The van der Waals surface area contributed by atoms with Crippen LogP contribution in [0.25, 0.3) is 0 Å². The van der Waals surface area contributed by atoms with Crippen molar-refractivity contribution in [3.8, 4) is 0 Å². The summed E-state index contributed by atoms with van der Waals surface area (Å²) in [6, 6.07) is 7.80. The first-order chi connectivity index (χ1) is 9.51. The molecule has 5 heteroatoms. The van der Waals surface area contributed by atoms with E-state index in [1.54, 1.807) is 13.1 Å². The van der Waals surface area contributed by atoms with E-state index in [0.29, 0.717) is 6.54 Å². The quantitative estimate of drug-likeness (QED) is 0.934. The van der Waals surface area contributed by atoms with Gasteiger partial charge >= 0.3 is 0 Å². The normalized spacial score (nSPS) is 10.7. The molecule has 2 rings (SSSR count). The Bertz CT molecular complexity index is 594. The smallest absolute Gasteiger partial charge is 0.149 e. The average Bonchev–Trinajstić information content (AvgIpc) is 2.37. The predicted octanol–water partition coefficient (Wildman–Crippen LogP) is 2.80. The second-order valence-electron chi connectivity index (χ2n) is 4.69. The van der Waals surface area contributed by atoms with Gasteiger partial charge in [-0.1, -0.05) is 6.07 Å². The van der Waals surface area contributed by atoms with Crippen molar-refractivity contribution < 1.29 is 13.9 Å². The maximum Gasteiger partial charge on any atom is 0.149 e. The zero-order chi connectivity index (χ0) is 14.7. The molecule has 1 heterocycles. The molecule has 0 bridgehead atoms. The molecule has 20 heavy (non-hydrogen) atoms. The van der Waals surface area contributed by atoms with E-state index < -0.39 is 18.2 Å². The average molecular weight is 278 g/mol. The SMILES string of the molecule is Cc1cccc(CN(C)c2c(F)cc(CO)cc2F)n1. The molecule has 1 aromatic heterocycles. The van der Waals surface area contributed by atoms with Crippen LogP contribution >= 0.6 is 0 Å². The molecule has 0 aliphatic carbocycles. The summed E-state index contributed by atoms with van der Waals surface area (Å²) in [5.74, 6) is -1.38. The van der Waals surface area contributed by atoms with Crippen molar-refractivity contribution >= 4 is 5.69 Å². The summed E-state index contributed by atoms with van der Waals surface area (Å²) in [6.07, 6.45) is 0. The van der Waals surface area contributed by atoms with E-state index in [0.717, 1.165) is 23.5 Å². The van der Waals surface area contributed by atoms with E-state index in [2.05, 4.69) is 4.98 Å². The second kappa shape index (κ2) is 5.96. The maximum absolute atomic E-state index is 13.9. The van der Waals surface area contributed by atoms with Crippen LogP contribution in [-0.4, -0.2) is 17.1 Å². The summed E-state index contributed by atoms with van der Waals surface area (Å²) in [6.45, 7) is 1.77. The van der Waals surface area contributed by atoms with Crippen molar-refractivity contribution in [1.29, 1.82) is 0 Å². The number of aryl methyl sites for hydroxylation is 1. The molecule has 3 nitrogen and oxygen atoms in total. The van der Waals surface area contributed by atoms with Crippen LogP contribution in [0.1, 0.15) is 17.0 Å². The second-order valence-corrected chi connectivity index (χ2v) is 4.69. The Morgan fingerprint density at radius 3 is 2.40 bits per heavy atom. The van der Waals surface area contributed by atoms with Crippen LogP contribution in [0.5, 0.6) is 0 Å². The van der Waals surface area contributed by atoms with E-state index >= 15 is 0 Å². The Hall–Kier alpha value is -2.01. The van der Waals surface area contributed by atoms with Crippen LogP contribution in [0.2, 0.25) is 0 Å². The number of aromatic nitrogens is 1. The Balaban J connectivity index is 2.27. The number of nitrogens with zero attached hydrogens (tertiary/aromatic N) is 2. The molecule has 0 aliphatic rings. The minimum Gasteiger partial charge on any atom is -0.392 e. The molecule has 1 aromatic carbocycles. The number of benzene rings is 1. The van der Waals surface area contributed by atoms with Crippen molar-refractivity contribution in [2.24, 2.45) is 0 Å². The minimum absolute atomic E-state index is 0.120. The highest BCUT2D eigenvalue weighted by Gasteiger charge is 2.15. The number of pyridine rings is 1. The molecule has 0 spiro atoms. The zero-order valence-corrected chi connectivity index (χ0v) is 11.4. The van der Waals surface area contributed by atoms with E-state index in [1.807, 2.05) is 19.1 Å². The van der Waals surface area contributed by atoms with E-state index in [-0.39, 0.29) is 11.3 Å². The highest BCUT2D eigenvalue weighted by atomic mass is 19.1. The lowest BCUT2D eigenvalue weighted by atomic mass is 10.1. The number of halogens is 2. The van der Waals surface area contributed by atoms with Gasteiger partial charge in [0.15, 0.2) is 0 Å². The highest BCUT2D eigenvalue weighted by molar-refractivity contribution is 5.50. The fraction of sp³-hybridized carbons (Fsp3) is 0.267. The number of anilines is 1. The molecule has 0 radical (unpaired) electrons. The molecular formula is C15H16F2N2O. The van der Waals surface area contributed by atoms with Gasteiger partial charge in [0.25, 0.3) is 0 Å². The first kappa shape index (κ1) is 14.4. The van der Waals surface area contributed by atoms with Crippen LogP contribution in [-0.2, 0) is 13.2 Å². The molecule has 2 aromatic rings. The highest BCUT2D eigenvalue weighted by Crippen LogP contribution is 2.25. The molecule has 1 N–H and O–H groups in total. The van der Waals surface area contributed by atoms with Gasteiger partial charge in [-0.2, -0.15) is 0 Å². The van der Waals surface area contributed by atoms with Gasteiger partial charge in [0.1, 0.15) is 17.3 Å². The van der Waals surface area contributed by atoms with Gasteiger partial charge < -0.3 is 10.0 Å². The molecule has 106 valence electrons. The van der Waals surface area contributed by atoms with Crippen LogP contribution in [0.3, 0.4) is 0 Å². The van der Waals surface area contributed by atoms with Gasteiger partial charge in [0.2, 0.25) is 0 Å². The Labute approximate surface area is 116 Å². The predicted molar refractivity (Wildman–Crippen MR) is 73.4 cm³/mol. The summed E-state index contributed by atoms with van der Waals surface area (Å²) in [5, 5.41) is 8.92. The van der Waals surface area contributed by atoms with Gasteiger partial charge in [0.05, 0.1) is 18.8 Å². The van der Waals surface area contributed by atoms with Crippen molar-refractivity contribution in [3.63, 3.8) is 0 Å². The lowest BCUT2D eigenvalue weighted by Gasteiger charge is -2.20. The molecule has 0 aliphatic heterocycles. The van der Waals surface area contributed by atoms with Gasteiger partial charge in [-0.25, -0.2) is 8.78 Å². The number of hydrogen-bond donors (Lipinski definition) is 1. The monoisotopic (exact) mass is 278 g/mol. The summed E-state index contributed by atoms with van der Waals surface area (Å²) in [5.41, 5.74) is 1.68. The van der Waals surface area contributed by atoms with Crippen molar-refractivity contribution in [1.82, 2.24) is 4.98 Å². The first-order valence-corrected chi connectivity index (χ1v) is 6.23. The van der Waals surface area contributed by atoms with Crippen LogP contribution in [0, 0.1) is 18.6 Å². The first-order valence-electron chi connectivity index (χ1n) is 6.23. The largest absolute Gasteiger partial charge is 0.392 e. The standard InChI is InChI=1S/C15H16F2N2O/c1-10-4-3-5-12(18-10)8-19(2)15-13(16)6-11(9-20)7-14(15)17/h3-7,20H,8-9H2,1-2H3. The fourth-order valence-electron chi connectivity index (χ4n) is 2.08. The lowest BCUT2D eigenvalue weighted by Crippen LogP contribution is -2.20. The number of aliphatic hydroxyl groups excluding tert-OH is 1. The third-order valence-electron chi connectivity index (χ3n) is 2.99. The Morgan fingerprint density at radius 1 is 1.20 bits per heavy atom. The molecule has 0 amide bonds. The lowest BCUT2D eigenvalue weighted by molar-refractivity contribution is 0.280. The topological polar surface area (TPSA) is 36.4 Å². The molecule has 0 saturated heterocycles. The summed E-state index contributed by atoms with van der Waals surface area (Å²) in [7, 11) is 1.60. The Morgan fingerprint density at radius 2 is 1.85 bits per heavy atom. The maximum atomic E-state index is 13.9. The van der Waals surface area contributed by atoms with Crippen LogP contribution in [0.15, 0.2) is 30.3 Å². The fourth-order valence-corrected chi connectivity index (χ4v) is 2.08. The summed E-state index contributed by atoms with van der Waals surface area (Å²) in [4.78, 5) is 5.77. The molecular weight excluding hydrogens is 262 g/mol. The van der Waals surface area contributed by atoms with E-state index in [4.69, 9.17) is 5.11 Å². The van der Waals surface area contributed by atoms with Gasteiger partial charge in [-0.3, -0.25) is 4.98 Å². The summed E-state index contributed by atoms with van der Waals surface area (Å²) >= 11 is 0. The zero-order valence-electron chi connectivity index (χ0n) is 11.4. The number of aliphatic hydroxyl groups is 1. The van der Waals surface area contributed by atoms with Gasteiger partial charge in [0, 0.05) is 12.7 Å². The molecule has 0 fully saturated rings. The molecule has 0 saturated carbocycles. The molecule has 0 unspecified atom stereocenters.